The Morgan fingerprint density at radius 2 is 1.88 bits per heavy atom. The molecule has 9 heteroatoms. The maximum atomic E-state index is 12.9. The zero-order valence-corrected chi connectivity index (χ0v) is 15.2. The Labute approximate surface area is 152 Å². The molecule has 2 aromatic rings. The van der Waals surface area contributed by atoms with E-state index in [-0.39, 0.29) is 11.3 Å². The van der Waals surface area contributed by atoms with Gasteiger partial charge in [0.25, 0.3) is 0 Å². The molecule has 1 aliphatic rings. The van der Waals surface area contributed by atoms with E-state index in [1.54, 1.807) is 31.5 Å². The van der Waals surface area contributed by atoms with Crippen LogP contribution in [0.3, 0.4) is 0 Å². The lowest BCUT2D eigenvalue weighted by Gasteiger charge is -2.30. The van der Waals surface area contributed by atoms with Crippen molar-refractivity contribution in [1.29, 1.82) is 0 Å². The second kappa shape index (κ2) is 7.48. The minimum absolute atomic E-state index is 0.138. The Bertz CT molecular complexity index is 894. The predicted molar refractivity (Wildman–Crippen MR) is 93.7 cm³/mol. The minimum atomic E-state index is -3.66. The van der Waals surface area contributed by atoms with Crippen LogP contribution in [0.4, 0.5) is 5.95 Å². The molecule has 26 heavy (non-hydrogen) atoms. The SMILES string of the molecule is Cc1ccc(S(=O)(=O)N2CC[NH+](c3ncccn3)CC2)cc1CC(=O)O. The summed E-state index contributed by atoms with van der Waals surface area (Å²) in [5, 5.41) is 9.00. The number of nitrogens with zero attached hydrogens (tertiary/aromatic N) is 3. The summed E-state index contributed by atoms with van der Waals surface area (Å²) in [6.45, 7) is 3.65. The van der Waals surface area contributed by atoms with E-state index in [2.05, 4.69) is 9.97 Å². The maximum Gasteiger partial charge on any atom is 0.327 e. The van der Waals surface area contributed by atoms with Crippen molar-refractivity contribution in [3.63, 3.8) is 0 Å². The maximum absolute atomic E-state index is 12.9. The molecule has 0 saturated carbocycles. The van der Waals surface area contributed by atoms with Gasteiger partial charge in [0.2, 0.25) is 10.0 Å². The molecule has 0 atom stereocenters. The average Bonchev–Trinajstić information content (AvgIpc) is 2.64. The first-order valence-electron chi connectivity index (χ1n) is 8.31. The molecule has 0 bridgehead atoms. The third kappa shape index (κ3) is 3.90. The van der Waals surface area contributed by atoms with Crippen LogP contribution in [-0.2, 0) is 21.2 Å². The summed E-state index contributed by atoms with van der Waals surface area (Å²) in [7, 11) is -3.66. The van der Waals surface area contributed by atoms with Crippen LogP contribution in [0.25, 0.3) is 0 Å². The highest BCUT2D eigenvalue weighted by Crippen LogP contribution is 2.20. The Kier molecular flexibility index (Phi) is 5.30. The highest BCUT2D eigenvalue weighted by Gasteiger charge is 2.32. The van der Waals surface area contributed by atoms with Crippen LogP contribution < -0.4 is 4.90 Å². The summed E-state index contributed by atoms with van der Waals surface area (Å²) in [6.07, 6.45) is 3.15. The topological polar surface area (TPSA) is 105 Å². The molecule has 1 aliphatic heterocycles. The number of aryl methyl sites for hydroxylation is 1. The van der Waals surface area contributed by atoms with Gasteiger partial charge in [-0.25, -0.2) is 8.42 Å². The molecule has 1 aromatic heterocycles. The number of carboxylic acid groups (broad SMARTS) is 1. The Balaban J connectivity index is 1.76. The largest absolute Gasteiger partial charge is 0.481 e. The summed E-state index contributed by atoms with van der Waals surface area (Å²) in [4.78, 5) is 20.6. The summed E-state index contributed by atoms with van der Waals surface area (Å²) in [5.41, 5.74) is 1.28. The number of rotatable bonds is 5. The molecule has 3 rings (SSSR count). The molecule has 8 nitrogen and oxygen atoms in total. The normalized spacial score (nSPS) is 16.5. The lowest BCUT2D eigenvalue weighted by atomic mass is 10.1. The number of quaternary nitrogens is 1. The fourth-order valence-electron chi connectivity index (χ4n) is 3.01. The molecule has 1 aromatic carbocycles. The summed E-state index contributed by atoms with van der Waals surface area (Å²) in [6, 6.07) is 6.41. The lowest BCUT2D eigenvalue weighted by molar-refractivity contribution is -0.842. The van der Waals surface area contributed by atoms with Gasteiger partial charge in [0, 0.05) is 12.4 Å². The molecular formula is C17H21N4O4S+. The molecule has 2 N–H and O–H groups in total. The van der Waals surface area contributed by atoms with Gasteiger partial charge in [-0.15, -0.1) is 0 Å². The summed E-state index contributed by atoms with van der Waals surface area (Å²) in [5.74, 6) is -0.314. The van der Waals surface area contributed by atoms with E-state index in [1.165, 1.54) is 16.4 Å². The van der Waals surface area contributed by atoms with Crippen molar-refractivity contribution in [3.8, 4) is 0 Å². The van der Waals surface area contributed by atoms with Crippen LogP contribution in [0.2, 0.25) is 0 Å². The third-order valence-corrected chi connectivity index (χ3v) is 6.40. The summed E-state index contributed by atoms with van der Waals surface area (Å²) < 4.78 is 27.3. The van der Waals surface area contributed by atoms with E-state index < -0.39 is 16.0 Å². The number of hydrogen-bond donors (Lipinski definition) is 2. The zero-order chi connectivity index (χ0) is 18.7. The van der Waals surface area contributed by atoms with Gasteiger partial charge in [-0.05, 0) is 36.2 Å². The standard InChI is InChI=1S/C17H20N4O4S/c1-13-3-4-15(11-14(13)12-16(22)23)26(24,25)21-9-7-20(8-10-21)17-18-5-2-6-19-17/h2-6,11H,7-10,12H2,1H3,(H,22,23)/p+1. The van der Waals surface area contributed by atoms with Crippen molar-refractivity contribution in [2.24, 2.45) is 0 Å². The van der Waals surface area contributed by atoms with Gasteiger partial charge < -0.3 is 5.11 Å². The highest BCUT2D eigenvalue weighted by molar-refractivity contribution is 7.89. The first-order valence-corrected chi connectivity index (χ1v) is 9.75. The fraction of sp³-hybridized carbons (Fsp3) is 0.353. The van der Waals surface area contributed by atoms with Crippen LogP contribution in [0.15, 0.2) is 41.6 Å². The predicted octanol–water partition coefficient (Wildman–Crippen LogP) is -0.367. The Morgan fingerprint density at radius 1 is 1.23 bits per heavy atom. The monoisotopic (exact) mass is 377 g/mol. The number of piperazine rings is 1. The molecule has 1 fully saturated rings. The first kappa shape index (κ1) is 18.4. The fourth-order valence-corrected chi connectivity index (χ4v) is 4.51. The van der Waals surface area contributed by atoms with Gasteiger partial charge >= 0.3 is 11.9 Å². The molecule has 2 heterocycles. The Morgan fingerprint density at radius 3 is 2.50 bits per heavy atom. The van der Waals surface area contributed by atoms with Gasteiger partial charge in [0.15, 0.2) is 0 Å². The van der Waals surface area contributed by atoms with Crippen LogP contribution in [0, 0.1) is 6.92 Å². The first-order chi connectivity index (χ1) is 12.4. The van der Waals surface area contributed by atoms with Gasteiger partial charge in [0.1, 0.15) is 0 Å². The van der Waals surface area contributed by atoms with Gasteiger partial charge in [0.05, 0.1) is 37.5 Å². The van der Waals surface area contributed by atoms with E-state index in [0.29, 0.717) is 37.7 Å². The van der Waals surface area contributed by atoms with Crippen LogP contribution in [0.1, 0.15) is 11.1 Å². The highest BCUT2D eigenvalue weighted by atomic mass is 32.2. The van der Waals surface area contributed by atoms with E-state index >= 15 is 0 Å². The van der Waals surface area contributed by atoms with Gasteiger partial charge in [-0.2, -0.15) is 14.3 Å². The van der Waals surface area contributed by atoms with Crippen molar-refractivity contribution in [1.82, 2.24) is 14.3 Å². The van der Waals surface area contributed by atoms with Crippen molar-refractivity contribution >= 4 is 21.9 Å². The van der Waals surface area contributed by atoms with Crippen molar-refractivity contribution in [3.05, 3.63) is 47.8 Å². The molecule has 0 unspecified atom stereocenters. The molecule has 0 aliphatic carbocycles. The minimum Gasteiger partial charge on any atom is -0.481 e. The van der Waals surface area contributed by atoms with Gasteiger partial charge in [-0.1, -0.05) is 6.07 Å². The van der Waals surface area contributed by atoms with Crippen LogP contribution >= 0.6 is 0 Å². The van der Waals surface area contributed by atoms with E-state index in [0.717, 1.165) is 10.5 Å². The third-order valence-electron chi connectivity index (χ3n) is 4.51. The molecule has 0 spiro atoms. The molecular weight excluding hydrogens is 356 g/mol. The number of carboxylic acids is 1. The number of aromatic nitrogens is 2. The number of sulfonamides is 1. The van der Waals surface area contributed by atoms with E-state index in [9.17, 15) is 13.2 Å². The number of benzene rings is 1. The number of aliphatic carboxylic acids is 1. The molecule has 0 amide bonds. The van der Waals surface area contributed by atoms with Crippen LogP contribution in [0.5, 0.6) is 0 Å². The second-order valence-electron chi connectivity index (χ2n) is 6.24. The van der Waals surface area contributed by atoms with E-state index in [4.69, 9.17) is 5.11 Å². The smallest absolute Gasteiger partial charge is 0.327 e. The second-order valence-corrected chi connectivity index (χ2v) is 8.18. The molecule has 1 saturated heterocycles. The number of nitrogens with one attached hydrogen (secondary N) is 1. The zero-order valence-electron chi connectivity index (χ0n) is 14.4. The van der Waals surface area contributed by atoms with Crippen molar-refractivity contribution < 1.29 is 23.2 Å². The number of carbonyl (C=O) groups is 1. The average molecular weight is 377 g/mol. The molecule has 138 valence electrons. The number of hydrogen-bond acceptors (Lipinski definition) is 5. The van der Waals surface area contributed by atoms with Crippen molar-refractivity contribution in [2.75, 3.05) is 26.2 Å². The molecule has 0 radical (unpaired) electrons. The lowest BCUT2D eigenvalue weighted by Crippen LogP contribution is -3.11. The van der Waals surface area contributed by atoms with Crippen molar-refractivity contribution in [2.45, 2.75) is 18.2 Å². The summed E-state index contributed by atoms with van der Waals surface area (Å²) >= 11 is 0. The quantitative estimate of drug-likeness (QED) is 0.737. The van der Waals surface area contributed by atoms with E-state index in [1.807, 2.05) is 0 Å². The van der Waals surface area contributed by atoms with Crippen LogP contribution in [-0.4, -0.2) is 59.9 Å². The Hall–Kier alpha value is -2.36. The van der Waals surface area contributed by atoms with Gasteiger partial charge in [-0.3, -0.25) is 9.69 Å².